The molecule has 0 radical (unpaired) electrons. The summed E-state index contributed by atoms with van der Waals surface area (Å²) >= 11 is 0. The molecule has 8 nitrogen and oxygen atoms in total. The van der Waals surface area contributed by atoms with Crippen molar-refractivity contribution < 1.29 is 9.53 Å². The van der Waals surface area contributed by atoms with Crippen molar-refractivity contribution in [2.45, 2.75) is 31.3 Å². The van der Waals surface area contributed by atoms with Gasteiger partial charge in [-0.2, -0.15) is 0 Å². The fourth-order valence-corrected chi connectivity index (χ4v) is 4.50. The lowest BCUT2D eigenvalue weighted by atomic mass is 9.87. The molecular weight excluding hydrogens is 430 g/mol. The number of para-hydroxylation sites is 2. The Morgan fingerprint density at radius 3 is 2.35 bits per heavy atom. The van der Waals surface area contributed by atoms with Crippen LogP contribution in [0.25, 0.3) is 11.4 Å². The lowest BCUT2D eigenvalue weighted by Gasteiger charge is -2.27. The third kappa shape index (κ3) is 3.57. The number of nitrogens with one attached hydrogen (secondary N) is 1. The highest BCUT2D eigenvalue weighted by Gasteiger charge is 2.33. The van der Waals surface area contributed by atoms with Crippen LogP contribution in [0.5, 0.6) is 11.5 Å². The first-order valence-corrected chi connectivity index (χ1v) is 11.4. The first kappa shape index (κ1) is 20.4. The lowest BCUT2D eigenvalue weighted by Crippen LogP contribution is -2.35. The van der Waals surface area contributed by atoms with Gasteiger partial charge in [0.15, 0.2) is 5.82 Å². The maximum atomic E-state index is 13.3. The Balaban J connectivity index is 1.23. The Bertz CT molecular complexity index is 1380. The van der Waals surface area contributed by atoms with E-state index in [9.17, 15) is 9.59 Å². The number of aromatic nitrogens is 4. The number of rotatable bonds is 6. The summed E-state index contributed by atoms with van der Waals surface area (Å²) in [4.78, 5) is 30.5. The predicted octanol–water partition coefficient (Wildman–Crippen LogP) is 3.50. The molecule has 0 atom stereocenters. The van der Waals surface area contributed by atoms with E-state index in [2.05, 4.69) is 15.4 Å². The number of hydrogen-bond donors (Lipinski definition) is 1. The minimum Gasteiger partial charge on any atom is -0.457 e. The van der Waals surface area contributed by atoms with Crippen molar-refractivity contribution in [2.24, 2.45) is 0 Å². The van der Waals surface area contributed by atoms with Crippen molar-refractivity contribution in [3.63, 3.8) is 0 Å². The standard InChI is InChI=1S/C26H23N5O3/c32-25(23-19-7-1-3-9-21(19)34-22-10-4-2-8-20(22)23)28-14-15-30-26(33)31(18-11-12-18)24(29-30)17-6-5-13-27-16-17/h1-10,13,16,18,23H,11-12,14-15H2,(H,28,32). The third-order valence-corrected chi connectivity index (χ3v) is 6.27. The molecule has 170 valence electrons. The van der Waals surface area contributed by atoms with Gasteiger partial charge in [-0.05, 0) is 37.1 Å². The van der Waals surface area contributed by atoms with E-state index in [0.29, 0.717) is 17.3 Å². The molecule has 2 aromatic carbocycles. The molecule has 34 heavy (non-hydrogen) atoms. The van der Waals surface area contributed by atoms with Crippen molar-refractivity contribution in [2.75, 3.05) is 6.54 Å². The van der Waals surface area contributed by atoms with Crippen LogP contribution in [0.4, 0.5) is 0 Å². The summed E-state index contributed by atoms with van der Waals surface area (Å²) in [6.07, 6.45) is 5.35. The topological polar surface area (TPSA) is 91.0 Å². The molecule has 1 saturated carbocycles. The van der Waals surface area contributed by atoms with Crippen LogP contribution in [0.15, 0.2) is 77.9 Å². The van der Waals surface area contributed by atoms with Gasteiger partial charge in [0.25, 0.3) is 0 Å². The Morgan fingerprint density at radius 2 is 1.71 bits per heavy atom. The van der Waals surface area contributed by atoms with Gasteiger partial charge in [-0.1, -0.05) is 36.4 Å². The molecule has 1 aliphatic carbocycles. The molecule has 1 N–H and O–H groups in total. The molecule has 3 heterocycles. The molecule has 1 amide bonds. The summed E-state index contributed by atoms with van der Waals surface area (Å²) in [5, 5.41) is 7.59. The number of benzene rings is 2. The van der Waals surface area contributed by atoms with Gasteiger partial charge in [0.2, 0.25) is 5.91 Å². The molecule has 1 fully saturated rings. The molecule has 2 aromatic heterocycles. The van der Waals surface area contributed by atoms with Gasteiger partial charge < -0.3 is 10.1 Å². The molecule has 8 heteroatoms. The monoisotopic (exact) mass is 453 g/mol. The molecule has 0 unspecified atom stereocenters. The Labute approximate surface area is 195 Å². The van der Waals surface area contributed by atoms with Gasteiger partial charge in [0, 0.05) is 41.7 Å². The maximum Gasteiger partial charge on any atom is 0.346 e. The van der Waals surface area contributed by atoms with E-state index >= 15 is 0 Å². The van der Waals surface area contributed by atoms with E-state index in [1.807, 2.05) is 60.7 Å². The number of pyridine rings is 1. The van der Waals surface area contributed by atoms with E-state index in [4.69, 9.17) is 4.74 Å². The number of nitrogens with zero attached hydrogens (tertiary/aromatic N) is 4. The van der Waals surface area contributed by atoms with Crippen LogP contribution in [0.2, 0.25) is 0 Å². The van der Waals surface area contributed by atoms with Crippen LogP contribution < -0.4 is 15.7 Å². The Kier molecular flexibility index (Phi) is 4.98. The van der Waals surface area contributed by atoms with Crippen molar-refractivity contribution in [3.8, 4) is 22.9 Å². The summed E-state index contributed by atoms with van der Waals surface area (Å²) in [5.41, 5.74) is 2.31. The minimum atomic E-state index is -0.479. The van der Waals surface area contributed by atoms with Crippen LogP contribution in [-0.2, 0) is 11.3 Å². The van der Waals surface area contributed by atoms with E-state index in [0.717, 1.165) is 29.5 Å². The summed E-state index contributed by atoms with van der Waals surface area (Å²) in [6, 6.07) is 19.1. The van der Waals surface area contributed by atoms with E-state index in [1.54, 1.807) is 17.0 Å². The van der Waals surface area contributed by atoms with E-state index in [-0.39, 0.29) is 30.7 Å². The average Bonchev–Trinajstić information content (AvgIpc) is 3.66. The highest BCUT2D eigenvalue weighted by Crippen LogP contribution is 2.43. The van der Waals surface area contributed by atoms with Crippen molar-refractivity contribution >= 4 is 5.91 Å². The zero-order valence-corrected chi connectivity index (χ0v) is 18.4. The lowest BCUT2D eigenvalue weighted by molar-refractivity contribution is -0.121. The molecule has 2 aliphatic rings. The van der Waals surface area contributed by atoms with Crippen molar-refractivity contribution in [1.29, 1.82) is 0 Å². The maximum absolute atomic E-state index is 13.3. The smallest absolute Gasteiger partial charge is 0.346 e. The second-order valence-electron chi connectivity index (χ2n) is 8.57. The van der Waals surface area contributed by atoms with Crippen LogP contribution in [0, 0.1) is 0 Å². The largest absolute Gasteiger partial charge is 0.457 e. The molecule has 1 aliphatic heterocycles. The summed E-state index contributed by atoms with van der Waals surface area (Å²) in [7, 11) is 0. The molecule has 4 aromatic rings. The van der Waals surface area contributed by atoms with Gasteiger partial charge in [-0.15, -0.1) is 5.10 Å². The molecule has 0 saturated heterocycles. The number of carbonyl (C=O) groups is 1. The van der Waals surface area contributed by atoms with Crippen LogP contribution in [0.3, 0.4) is 0 Å². The number of ether oxygens (including phenoxy) is 1. The predicted molar refractivity (Wildman–Crippen MR) is 126 cm³/mol. The zero-order valence-electron chi connectivity index (χ0n) is 18.4. The third-order valence-electron chi connectivity index (χ3n) is 6.27. The van der Waals surface area contributed by atoms with Crippen LogP contribution in [0.1, 0.15) is 35.9 Å². The second-order valence-corrected chi connectivity index (χ2v) is 8.57. The van der Waals surface area contributed by atoms with E-state index in [1.165, 1.54) is 4.68 Å². The number of carbonyl (C=O) groups excluding carboxylic acids is 1. The molecule has 0 spiro atoms. The summed E-state index contributed by atoms with van der Waals surface area (Å²) in [5.74, 6) is 1.38. The van der Waals surface area contributed by atoms with Gasteiger partial charge in [0.05, 0.1) is 12.5 Å². The highest BCUT2D eigenvalue weighted by molar-refractivity contribution is 5.89. The molecular formula is C26H23N5O3. The van der Waals surface area contributed by atoms with Crippen molar-refractivity contribution in [1.82, 2.24) is 24.6 Å². The normalized spacial score (nSPS) is 14.7. The fraction of sp³-hybridized carbons (Fsp3) is 0.231. The minimum absolute atomic E-state index is 0.134. The van der Waals surface area contributed by atoms with Gasteiger partial charge in [-0.3, -0.25) is 14.3 Å². The SMILES string of the molecule is O=C(NCCn1nc(-c2cccnc2)n(C2CC2)c1=O)C1c2ccccc2Oc2ccccc21. The number of fused-ring (bicyclic) bond motifs is 2. The summed E-state index contributed by atoms with van der Waals surface area (Å²) < 4.78 is 9.18. The van der Waals surface area contributed by atoms with Gasteiger partial charge in [-0.25, -0.2) is 9.48 Å². The van der Waals surface area contributed by atoms with Gasteiger partial charge >= 0.3 is 5.69 Å². The van der Waals surface area contributed by atoms with Crippen molar-refractivity contribution in [3.05, 3.63) is 94.7 Å². The molecule has 6 rings (SSSR count). The number of hydrogen-bond acceptors (Lipinski definition) is 5. The van der Waals surface area contributed by atoms with Crippen LogP contribution >= 0.6 is 0 Å². The van der Waals surface area contributed by atoms with E-state index < -0.39 is 5.92 Å². The Morgan fingerprint density at radius 1 is 1.00 bits per heavy atom. The summed E-state index contributed by atoms with van der Waals surface area (Å²) in [6.45, 7) is 0.568. The van der Waals surface area contributed by atoms with Gasteiger partial charge in [0.1, 0.15) is 11.5 Å². The fourth-order valence-electron chi connectivity index (χ4n) is 4.50. The zero-order chi connectivity index (χ0) is 23.1. The first-order valence-electron chi connectivity index (χ1n) is 11.4. The average molecular weight is 454 g/mol. The molecule has 0 bridgehead atoms. The Hall–Kier alpha value is -4.20. The first-order chi connectivity index (χ1) is 16.7. The number of amides is 1. The second kappa shape index (κ2) is 8.30. The van der Waals surface area contributed by atoms with Crippen LogP contribution in [-0.4, -0.2) is 31.8 Å². The quantitative estimate of drug-likeness (QED) is 0.483. The highest BCUT2D eigenvalue weighted by atomic mass is 16.5.